The number of alkyl halides is 3. The zero-order valence-corrected chi connectivity index (χ0v) is 16.8. The minimum Gasteiger partial charge on any atom is -0.466 e. The molecule has 10 heteroatoms. The maximum absolute atomic E-state index is 13.2. The summed E-state index contributed by atoms with van der Waals surface area (Å²) in [5.41, 5.74) is -0.389. The van der Waals surface area contributed by atoms with E-state index in [4.69, 9.17) is 16.3 Å². The number of aryl methyl sites for hydroxylation is 1. The number of amides is 1. The fraction of sp³-hybridized carbons (Fsp3) is 0.526. The molecule has 2 aromatic heterocycles. The van der Waals surface area contributed by atoms with Gasteiger partial charge in [-0.25, -0.2) is 4.98 Å². The van der Waals surface area contributed by atoms with Crippen molar-refractivity contribution in [2.75, 3.05) is 19.7 Å². The van der Waals surface area contributed by atoms with Gasteiger partial charge in [-0.2, -0.15) is 13.2 Å². The average Bonchev–Trinajstić information content (AvgIpc) is 3.06. The number of hydrogen-bond donors (Lipinski definition) is 0. The molecule has 0 bridgehead atoms. The molecule has 0 radical (unpaired) electrons. The van der Waals surface area contributed by atoms with Gasteiger partial charge in [-0.1, -0.05) is 18.5 Å². The number of hydrogen-bond acceptors (Lipinski definition) is 4. The minimum atomic E-state index is -4.60. The van der Waals surface area contributed by atoms with Gasteiger partial charge in [0.25, 0.3) is 5.91 Å². The van der Waals surface area contributed by atoms with Crippen molar-refractivity contribution in [2.45, 2.75) is 39.3 Å². The second-order valence-electron chi connectivity index (χ2n) is 6.85. The van der Waals surface area contributed by atoms with Crippen molar-refractivity contribution in [2.24, 2.45) is 5.92 Å². The number of esters is 1. The third kappa shape index (κ3) is 4.19. The van der Waals surface area contributed by atoms with Gasteiger partial charge in [0.2, 0.25) is 0 Å². The van der Waals surface area contributed by atoms with Gasteiger partial charge < -0.3 is 9.64 Å². The fourth-order valence-electron chi connectivity index (χ4n) is 3.51. The molecule has 0 spiro atoms. The van der Waals surface area contributed by atoms with Crippen LogP contribution in [0.4, 0.5) is 13.2 Å². The number of pyridine rings is 1. The van der Waals surface area contributed by atoms with E-state index in [1.807, 2.05) is 0 Å². The van der Waals surface area contributed by atoms with Crippen LogP contribution in [0.15, 0.2) is 12.3 Å². The van der Waals surface area contributed by atoms with E-state index in [9.17, 15) is 22.8 Å². The summed E-state index contributed by atoms with van der Waals surface area (Å²) in [6, 6.07) is 0.808. The van der Waals surface area contributed by atoms with Crippen molar-refractivity contribution < 1.29 is 27.5 Å². The number of carbonyl (C=O) groups is 2. The monoisotopic (exact) mass is 431 g/mol. The van der Waals surface area contributed by atoms with Crippen LogP contribution in [-0.4, -0.2) is 45.9 Å². The first-order chi connectivity index (χ1) is 13.7. The van der Waals surface area contributed by atoms with Crippen LogP contribution in [0.1, 0.15) is 48.4 Å². The smallest absolute Gasteiger partial charge is 0.417 e. The van der Waals surface area contributed by atoms with Gasteiger partial charge in [-0.05, 0) is 32.3 Å². The van der Waals surface area contributed by atoms with Crippen molar-refractivity contribution in [1.29, 1.82) is 0 Å². The molecule has 3 rings (SSSR count). The number of ether oxygens (including phenoxy) is 1. The molecule has 1 aliphatic heterocycles. The van der Waals surface area contributed by atoms with Crippen molar-refractivity contribution in [3.05, 3.63) is 34.2 Å². The van der Waals surface area contributed by atoms with Gasteiger partial charge in [-0.15, -0.1) is 0 Å². The van der Waals surface area contributed by atoms with Gasteiger partial charge in [0.15, 0.2) is 5.65 Å². The van der Waals surface area contributed by atoms with Crippen LogP contribution in [0.3, 0.4) is 0 Å². The highest BCUT2D eigenvalue weighted by Gasteiger charge is 2.34. The summed E-state index contributed by atoms with van der Waals surface area (Å²) in [6.07, 6.45) is -2.51. The summed E-state index contributed by atoms with van der Waals surface area (Å²) < 4.78 is 45.8. The number of carbonyl (C=O) groups excluding carboxylic acids is 2. The Morgan fingerprint density at radius 3 is 2.48 bits per heavy atom. The van der Waals surface area contributed by atoms with E-state index in [2.05, 4.69) is 4.98 Å². The predicted molar refractivity (Wildman–Crippen MR) is 99.8 cm³/mol. The Bertz CT molecular complexity index is 934. The molecule has 0 atom stereocenters. The maximum Gasteiger partial charge on any atom is 0.417 e. The van der Waals surface area contributed by atoms with E-state index in [1.54, 1.807) is 13.8 Å². The van der Waals surface area contributed by atoms with Crippen LogP contribution >= 0.6 is 11.6 Å². The number of nitrogens with zero attached hydrogens (tertiary/aromatic N) is 3. The summed E-state index contributed by atoms with van der Waals surface area (Å²) >= 11 is 6.03. The normalized spacial score (nSPS) is 15.7. The van der Waals surface area contributed by atoms with Crippen LogP contribution in [-0.2, 0) is 22.1 Å². The third-order valence-corrected chi connectivity index (χ3v) is 5.29. The molecular formula is C19H21ClF3N3O3. The number of fused-ring (bicyclic) bond motifs is 1. The summed E-state index contributed by atoms with van der Waals surface area (Å²) in [5.74, 6) is -0.990. The van der Waals surface area contributed by atoms with Crippen LogP contribution in [0.25, 0.3) is 5.65 Å². The van der Waals surface area contributed by atoms with Crippen molar-refractivity contribution in [3.8, 4) is 0 Å². The molecular weight excluding hydrogens is 411 g/mol. The Kier molecular flexibility index (Phi) is 6.07. The predicted octanol–water partition coefficient (Wildman–Crippen LogP) is 3.98. The Morgan fingerprint density at radius 2 is 1.93 bits per heavy atom. The molecule has 0 unspecified atom stereocenters. The lowest BCUT2D eigenvalue weighted by Gasteiger charge is -2.31. The molecule has 0 aliphatic carbocycles. The first-order valence-corrected chi connectivity index (χ1v) is 9.78. The van der Waals surface area contributed by atoms with Crippen LogP contribution in [0.5, 0.6) is 0 Å². The van der Waals surface area contributed by atoms with E-state index in [0.717, 1.165) is 16.7 Å². The number of likely N-dealkylation sites (tertiary alicyclic amines) is 1. The quantitative estimate of drug-likeness (QED) is 0.687. The van der Waals surface area contributed by atoms with Crippen LogP contribution < -0.4 is 0 Å². The molecule has 29 heavy (non-hydrogen) atoms. The van der Waals surface area contributed by atoms with Crippen molar-refractivity contribution in [3.63, 3.8) is 0 Å². The number of imidazole rings is 1. The largest absolute Gasteiger partial charge is 0.466 e. The fourth-order valence-corrected chi connectivity index (χ4v) is 3.76. The standard InChI is InChI=1S/C19H21ClF3N3O3/c1-3-14-15(17(27)25-7-5-11(6-8-25)18(28)29-4-2)26-10-12(19(21,22)23)9-13(20)16(26)24-14/h9-11H,3-8H2,1-2H3. The van der Waals surface area contributed by atoms with E-state index in [-0.39, 0.29) is 28.3 Å². The van der Waals surface area contributed by atoms with Crippen molar-refractivity contribution >= 4 is 29.1 Å². The number of halogens is 4. The van der Waals surface area contributed by atoms with Gasteiger partial charge in [-0.3, -0.25) is 14.0 Å². The maximum atomic E-state index is 13.2. The molecule has 2 aromatic rings. The second-order valence-corrected chi connectivity index (χ2v) is 7.25. The average molecular weight is 432 g/mol. The SMILES string of the molecule is CCOC(=O)C1CCN(C(=O)c2c(CC)nc3c(Cl)cc(C(F)(F)F)cn23)CC1. The Hall–Kier alpha value is -2.29. The highest BCUT2D eigenvalue weighted by atomic mass is 35.5. The van der Waals surface area contributed by atoms with Gasteiger partial charge in [0, 0.05) is 19.3 Å². The zero-order valence-electron chi connectivity index (χ0n) is 16.1. The van der Waals surface area contributed by atoms with E-state index in [0.29, 0.717) is 44.7 Å². The molecule has 1 aliphatic rings. The van der Waals surface area contributed by atoms with Crippen molar-refractivity contribution in [1.82, 2.24) is 14.3 Å². The third-order valence-electron chi connectivity index (χ3n) is 5.01. The first-order valence-electron chi connectivity index (χ1n) is 9.40. The second kappa shape index (κ2) is 8.22. The summed E-state index contributed by atoms with van der Waals surface area (Å²) in [4.78, 5) is 30.9. The molecule has 3 heterocycles. The van der Waals surface area contributed by atoms with Crippen LogP contribution in [0.2, 0.25) is 5.02 Å². The topological polar surface area (TPSA) is 63.9 Å². The molecule has 1 amide bonds. The van der Waals surface area contributed by atoms with Gasteiger partial charge in [0.1, 0.15) is 5.69 Å². The Balaban J connectivity index is 1.93. The molecule has 0 saturated carbocycles. The molecule has 0 aromatic carbocycles. The van der Waals surface area contributed by atoms with E-state index < -0.39 is 17.6 Å². The highest BCUT2D eigenvalue weighted by molar-refractivity contribution is 6.33. The number of aromatic nitrogens is 2. The summed E-state index contributed by atoms with van der Waals surface area (Å²) in [7, 11) is 0. The lowest BCUT2D eigenvalue weighted by molar-refractivity contribution is -0.149. The lowest BCUT2D eigenvalue weighted by Crippen LogP contribution is -2.41. The zero-order chi connectivity index (χ0) is 21.3. The molecule has 6 nitrogen and oxygen atoms in total. The first kappa shape index (κ1) is 21.4. The molecule has 1 saturated heterocycles. The van der Waals surface area contributed by atoms with E-state index in [1.165, 1.54) is 4.90 Å². The summed E-state index contributed by atoms with van der Waals surface area (Å²) in [6.45, 7) is 4.41. The Labute approximate surface area is 170 Å². The minimum absolute atomic E-state index is 0.0742. The molecule has 1 fully saturated rings. The molecule has 0 N–H and O–H groups in total. The molecule has 158 valence electrons. The van der Waals surface area contributed by atoms with Gasteiger partial charge >= 0.3 is 12.1 Å². The highest BCUT2D eigenvalue weighted by Crippen LogP contribution is 2.33. The van der Waals surface area contributed by atoms with Gasteiger partial charge in [0.05, 0.1) is 28.8 Å². The lowest BCUT2D eigenvalue weighted by atomic mass is 9.96. The number of rotatable bonds is 4. The Morgan fingerprint density at radius 1 is 1.28 bits per heavy atom. The number of piperidine rings is 1. The summed E-state index contributed by atoms with van der Waals surface area (Å²) in [5, 5.41) is -0.172. The van der Waals surface area contributed by atoms with E-state index >= 15 is 0 Å². The van der Waals surface area contributed by atoms with Crippen LogP contribution in [0, 0.1) is 5.92 Å².